The van der Waals surface area contributed by atoms with Crippen molar-refractivity contribution >= 4 is 23.3 Å². The van der Waals surface area contributed by atoms with Gasteiger partial charge in [0, 0.05) is 45.1 Å². The van der Waals surface area contributed by atoms with E-state index in [1.54, 1.807) is 11.0 Å². The summed E-state index contributed by atoms with van der Waals surface area (Å²) in [5, 5.41) is 6.95. The van der Waals surface area contributed by atoms with Gasteiger partial charge in [-0.05, 0) is 50.7 Å². The first-order valence-corrected chi connectivity index (χ1v) is 14.0. The van der Waals surface area contributed by atoms with Crippen molar-refractivity contribution < 1.29 is 27.4 Å². The molecule has 1 amide bonds. The van der Waals surface area contributed by atoms with Gasteiger partial charge in [0.2, 0.25) is 5.91 Å². The van der Waals surface area contributed by atoms with Gasteiger partial charge in [0.15, 0.2) is 0 Å². The molecule has 4 heterocycles. The summed E-state index contributed by atoms with van der Waals surface area (Å²) in [7, 11) is 3.61. The number of methoxy groups -OCH3 is 1. The van der Waals surface area contributed by atoms with Crippen molar-refractivity contribution in [3.63, 3.8) is 0 Å². The maximum Gasteiger partial charge on any atom is 0.418 e. The van der Waals surface area contributed by atoms with Crippen molar-refractivity contribution in [1.82, 2.24) is 19.8 Å². The minimum absolute atomic E-state index is 0.0312. The van der Waals surface area contributed by atoms with E-state index in [0.29, 0.717) is 43.3 Å². The number of fused-ring (bicyclic) bond motifs is 1. The van der Waals surface area contributed by atoms with Crippen LogP contribution < -0.4 is 9.64 Å². The van der Waals surface area contributed by atoms with Gasteiger partial charge < -0.3 is 24.2 Å². The summed E-state index contributed by atoms with van der Waals surface area (Å²) in [5.41, 5.74) is 0.331. The molecule has 2 fully saturated rings. The van der Waals surface area contributed by atoms with Crippen LogP contribution >= 0.6 is 11.6 Å². The molecule has 0 spiro atoms. The fraction of sp³-hybridized carbons (Fsp3) is 0.517. The second kappa shape index (κ2) is 15.2. The van der Waals surface area contributed by atoms with E-state index in [1.165, 1.54) is 64.2 Å². The van der Waals surface area contributed by atoms with E-state index in [9.17, 15) is 18.0 Å². The average molecular weight is 609 g/mol. The zero-order valence-electron chi connectivity index (χ0n) is 24.1. The van der Waals surface area contributed by atoms with Crippen LogP contribution in [0.25, 0.3) is 0 Å². The molecule has 0 saturated carbocycles. The standard InChI is InChI=1S/C22H22ClF3N4O3.C5H11N.C2H3N/c1-3-18(31)29-7-9-30(10-8-29)20-14-12-33-17(11-16(14)27-21(28-20)32-2)13-5-4-6-15(23)19(13)22(24,25)26;1-6-4-2-3-5-6;1-2-3/h3-6,17H,1,7-12H2,2H3;2-5H2,1H3;1H3. The average Bonchev–Trinajstić information content (AvgIpc) is 3.46. The molecule has 0 radical (unpaired) electrons. The minimum atomic E-state index is -4.62. The Labute approximate surface area is 249 Å². The Morgan fingerprint density at radius 2 is 1.83 bits per heavy atom. The highest BCUT2D eigenvalue weighted by atomic mass is 35.5. The number of piperazine rings is 1. The normalized spacial score (nSPS) is 18.5. The Morgan fingerprint density at radius 3 is 2.36 bits per heavy atom. The fourth-order valence-electron chi connectivity index (χ4n) is 5.03. The third kappa shape index (κ3) is 8.33. The molecule has 3 aliphatic rings. The minimum Gasteiger partial charge on any atom is -0.467 e. The van der Waals surface area contributed by atoms with Crippen LogP contribution in [0.4, 0.5) is 19.0 Å². The van der Waals surface area contributed by atoms with Crippen molar-refractivity contribution in [2.45, 2.75) is 45.1 Å². The number of aromatic nitrogens is 2. The first-order chi connectivity index (χ1) is 20.0. The van der Waals surface area contributed by atoms with Crippen LogP contribution in [0, 0.1) is 11.3 Å². The van der Waals surface area contributed by atoms with Crippen LogP contribution in [-0.2, 0) is 28.7 Å². The van der Waals surface area contributed by atoms with Gasteiger partial charge in [-0.15, -0.1) is 0 Å². The van der Waals surface area contributed by atoms with E-state index in [1.807, 2.05) is 4.90 Å². The summed E-state index contributed by atoms with van der Waals surface area (Å²) < 4.78 is 52.2. The van der Waals surface area contributed by atoms with Gasteiger partial charge >= 0.3 is 12.2 Å². The first kappa shape index (κ1) is 33.1. The van der Waals surface area contributed by atoms with Gasteiger partial charge in [0.05, 0.1) is 42.2 Å². The highest BCUT2D eigenvalue weighted by Gasteiger charge is 2.39. The van der Waals surface area contributed by atoms with Crippen molar-refractivity contribution in [3.05, 3.63) is 58.3 Å². The number of carbonyl (C=O) groups excluding carboxylic acids is 1. The Hall–Kier alpha value is -3.40. The number of likely N-dealkylation sites (tertiary alicyclic amines) is 1. The SMILES string of the molecule is C=CC(=O)N1CCN(c2nc(OC)nc3c2COC(c2cccc(Cl)c2C(F)(F)F)C3)CC1.CC#N.CN1CCCC1. The zero-order valence-corrected chi connectivity index (χ0v) is 24.8. The predicted molar refractivity (Wildman–Crippen MR) is 153 cm³/mol. The second-order valence-electron chi connectivity index (χ2n) is 9.92. The van der Waals surface area contributed by atoms with Crippen LogP contribution in [0.1, 0.15) is 48.3 Å². The smallest absolute Gasteiger partial charge is 0.418 e. The van der Waals surface area contributed by atoms with E-state index in [2.05, 4.69) is 28.5 Å². The molecule has 9 nitrogen and oxygen atoms in total. The van der Waals surface area contributed by atoms with Crippen LogP contribution in [0.2, 0.25) is 5.02 Å². The number of ether oxygens (including phenoxy) is 2. The van der Waals surface area contributed by atoms with E-state index in [0.717, 1.165) is 0 Å². The highest BCUT2D eigenvalue weighted by Crippen LogP contribution is 2.43. The Bertz CT molecular complexity index is 1270. The van der Waals surface area contributed by atoms with Gasteiger partial charge in [-0.2, -0.15) is 28.4 Å². The molecule has 1 atom stereocenters. The molecule has 228 valence electrons. The Morgan fingerprint density at radius 1 is 1.19 bits per heavy atom. The molecule has 5 rings (SSSR count). The summed E-state index contributed by atoms with van der Waals surface area (Å²) in [6, 6.07) is 5.93. The number of hydrogen-bond donors (Lipinski definition) is 0. The van der Waals surface area contributed by atoms with Crippen LogP contribution in [-0.4, -0.2) is 79.1 Å². The quantitative estimate of drug-likeness (QED) is 0.445. The van der Waals surface area contributed by atoms with Gasteiger partial charge in [-0.25, -0.2) is 0 Å². The molecule has 2 aromatic rings. The number of nitrogens with zero attached hydrogens (tertiary/aromatic N) is 6. The lowest BCUT2D eigenvalue weighted by Crippen LogP contribution is -2.49. The number of amides is 1. The lowest BCUT2D eigenvalue weighted by molar-refractivity contribution is -0.139. The molecule has 0 aliphatic carbocycles. The molecule has 2 saturated heterocycles. The van der Waals surface area contributed by atoms with E-state index in [-0.39, 0.29) is 35.5 Å². The second-order valence-corrected chi connectivity index (χ2v) is 10.3. The largest absolute Gasteiger partial charge is 0.467 e. The summed E-state index contributed by atoms with van der Waals surface area (Å²) in [4.78, 5) is 26.8. The number of carbonyl (C=O) groups is 1. The van der Waals surface area contributed by atoms with Crippen LogP contribution in [0.5, 0.6) is 6.01 Å². The highest BCUT2D eigenvalue weighted by molar-refractivity contribution is 6.31. The third-order valence-corrected chi connectivity index (χ3v) is 7.43. The molecular formula is C29H36ClF3N6O3. The molecule has 1 unspecified atom stereocenters. The molecule has 1 aromatic heterocycles. The number of nitriles is 1. The molecule has 42 heavy (non-hydrogen) atoms. The molecule has 0 N–H and O–H groups in total. The van der Waals surface area contributed by atoms with Gasteiger partial charge in [-0.1, -0.05) is 30.3 Å². The summed E-state index contributed by atoms with van der Waals surface area (Å²) in [5.74, 6) is 0.466. The summed E-state index contributed by atoms with van der Waals surface area (Å²) >= 11 is 5.89. The Kier molecular flexibility index (Phi) is 12.0. The fourth-order valence-corrected chi connectivity index (χ4v) is 5.32. The number of halogens is 4. The zero-order chi connectivity index (χ0) is 30.9. The maximum absolute atomic E-state index is 13.7. The molecule has 3 aliphatic heterocycles. The predicted octanol–water partition coefficient (Wildman–Crippen LogP) is 5.05. The number of rotatable bonds is 4. The van der Waals surface area contributed by atoms with Gasteiger partial charge in [0.1, 0.15) is 5.82 Å². The molecule has 0 bridgehead atoms. The Balaban J connectivity index is 0.000000464. The monoisotopic (exact) mass is 608 g/mol. The number of benzene rings is 1. The summed E-state index contributed by atoms with van der Waals surface area (Å²) in [6.45, 7) is 9.67. The topological polar surface area (TPSA) is 94.8 Å². The van der Waals surface area contributed by atoms with Crippen molar-refractivity contribution in [2.24, 2.45) is 0 Å². The molecular weight excluding hydrogens is 573 g/mol. The number of alkyl halides is 3. The van der Waals surface area contributed by atoms with E-state index < -0.39 is 17.8 Å². The van der Waals surface area contributed by atoms with Gasteiger partial charge in [-0.3, -0.25) is 4.79 Å². The van der Waals surface area contributed by atoms with E-state index in [4.69, 9.17) is 26.3 Å². The van der Waals surface area contributed by atoms with Crippen molar-refractivity contribution in [2.75, 3.05) is 58.3 Å². The first-order valence-electron chi connectivity index (χ1n) is 13.6. The maximum atomic E-state index is 13.7. The molecule has 1 aromatic carbocycles. The van der Waals surface area contributed by atoms with Crippen LogP contribution in [0.3, 0.4) is 0 Å². The third-order valence-electron chi connectivity index (χ3n) is 7.11. The summed E-state index contributed by atoms with van der Waals surface area (Å²) in [6.07, 6.45) is -1.27. The lowest BCUT2D eigenvalue weighted by atomic mass is 9.95. The van der Waals surface area contributed by atoms with Crippen LogP contribution in [0.15, 0.2) is 30.9 Å². The van der Waals surface area contributed by atoms with Crippen molar-refractivity contribution in [1.29, 1.82) is 5.26 Å². The van der Waals surface area contributed by atoms with Gasteiger partial charge in [0.25, 0.3) is 0 Å². The number of anilines is 1. The lowest BCUT2D eigenvalue weighted by Gasteiger charge is -2.37. The number of hydrogen-bond acceptors (Lipinski definition) is 8. The van der Waals surface area contributed by atoms with E-state index >= 15 is 0 Å². The molecule has 13 heteroatoms. The van der Waals surface area contributed by atoms with Crippen molar-refractivity contribution in [3.8, 4) is 12.1 Å².